The van der Waals surface area contributed by atoms with Gasteiger partial charge in [0.25, 0.3) is 0 Å². The van der Waals surface area contributed by atoms with Gasteiger partial charge in [-0.1, -0.05) is 85.6 Å². The van der Waals surface area contributed by atoms with E-state index in [0.717, 1.165) is 52.8 Å². The van der Waals surface area contributed by atoms with Crippen LogP contribution in [0.1, 0.15) is 93.6 Å². The zero-order valence-electron chi connectivity index (χ0n) is 29.1. The predicted octanol–water partition coefficient (Wildman–Crippen LogP) is 12.9. The molecule has 3 nitrogen and oxygen atoms in total. The molecule has 5 rings (SSSR count). The van der Waals surface area contributed by atoms with E-state index in [1.807, 2.05) is 53.8 Å². The second-order valence-corrected chi connectivity index (χ2v) is 16.0. The van der Waals surface area contributed by atoms with E-state index in [2.05, 4.69) is 74.0 Å². The van der Waals surface area contributed by atoms with E-state index in [1.54, 1.807) is 22.7 Å². The first-order valence-corrected chi connectivity index (χ1v) is 18.5. The predicted molar refractivity (Wildman–Crippen MR) is 204 cm³/mol. The molecule has 3 aromatic heterocycles. The molecule has 7 heteroatoms. The first-order valence-electron chi connectivity index (χ1n) is 16.3. The number of pyridine rings is 1. The van der Waals surface area contributed by atoms with Crippen LogP contribution >= 0.6 is 35.3 Å². The Bertz CT molecular complexity index is 1850. The summed E-state index contributed by atoms with van der Waals surface area (Å²) in [5.41, 5.74) is 4.93. The third kappa shape index (κ3) is 8.48. The van der Waals surface area contributed by atoms with Crippen LogP contribution in [0.2, 0.25) is 0 Å². The Morgan fingerprint density at radius 2 is 1.53 bits per heavy atom. The molecule has 0 saturated heterocycles. The molecule has 253 valence electrons. The van der Waals surface area contributed by atoms with Gasteiger partial charge in [0.15, 0.2) is 5.78 Å². The summed E-state index contributed by atoms with van der Waals surface area (Å²) < 4.78 is 2.59. The smallest absolute Gasteiger partial charge is 0.164 e. The summed E-state index contributed by atoms with van der Waals surface area (Å²) in [6, 6.07) is 18.8. The zero-order valence-corrected chi connectivity index (χ0v) is 34.0. The fourth-order valence-corrected chi connectivity index (χ4v) is 7.67. The van der Waals surface area contributed by atoms with E-state index in [1.165, 1.54) is 32.0 Å². The van der Waals surface area contributed by atoms with Crippen LogP contribution in [0.4, 0.5) is 0 Å². The molecular weight excluding hydrogens is 815 g/mol. The van der Waals surface area contributed by atoms with E-state index < -0.39 is 0 Å². The minimum Gasteiger partial charge on any atom is -0.512 e. The van der Waals surface area contributed by atoms with Crippen LogP contribution in [-0.4, -0.2) is 15.9 Å². The topological polar surface area (TPSA) is 50.2 Å². The average molecular weight is 863 g/mol. The van der Waals surface area contributed by atoms with Crippen LogP contribution in [0.3, 0.4) is 0 Å². The summed E-state index contributed by atoms with van der Waals surface area (Å²) in [6.45, 7) is 18.9. The van der Waals surface area contributed by atoms with Gasteiger partial charge in [-0.05, 0) is 81.3 Å². The SMILES string of the molecule is CC(C)(C)c1cc(-c2nccc(-c3ccc4ccsc4c3)c2S)[c-]c2ccsc12.CCC(C)(CC)C(=O)/C=C(\O)C(C)(CC)CC.[Ir]. The molecule has 0 spiro atoms. The standard InChI is InChI=1S/C25H20NS3.C15H28O2.Ir/c1-25(2,3)20-13-18(12-17-8-11-29-24(17)20)22-23(27)19(6-9-26-22)16-5-4-15-7-10-28-21(15)14-16;1-7-14(5,8-2)12(16)11-13(17)15(6,9-3)10-4;/h4-11,13-14,27H,1-3H3;11,16H,7-10H2,1-6H3;/q-1;;/b;12-11-;. The molecule has 3 heterocycles. The van der Waals surface area contributed by atoms with Gasteiger partial charge >= 0.3 is 0 Å². The molecule has 1 N–H and O–H groups in total. The molecule has 2 aromatic carbocycles. The Morgan fingerprint density at radius 1 is 0.894 bits per heavy atom. The van der Waals surface area contributed by atoms with Gasteiger partial charge in [-0.2, -0.15) is 11.3 Å². The number of thiol groups is 1. The van der Waals surface area contributed by atoms with Crippen LogP contribution in [0.5, 0.6) is 0 Å². The van der Waals surface area contributed by atoms with Crippen molar-refractivity contribution in [3.05, 3.63) is 82.9 Å². The summed E-state index contributed by atoms with van der Waals surface area (Å²) in [5, 5.41) is 16.8. The van der Waals surface area contributed by atoms with Gasteiger partial charge in [0.1, 0.15) is 5.76 Å². The van der Waals surface area contributed by atoms with Crippen molar-refractivity contribution in [2.45, 2.75) is 98.3 Å². The number of thiophene rings is 2. The number of aliphatic hydroxyl groups is 1. The largest absolute Gasteiger partial charge is 0.512 e. The number of rotatable bonds is 9. The number of nitrogens with zero attached hydrogens (tertiary/aromatic N) is 1. The molecule has 1 radical (unpaired) electrons. The second kappa shape index (κ2) is 16.0. The number of carbonyl (C=O) groups excluding carboxylic acids is 1. The van der Waals surface area contributed by atoms with Gasteiger partial charge < -0.3 is 5.11 Å². The third-order valence-corrected chi connectivity index (χ3v) is 12.1. The van der Waals surface area contributed by atoms with Gasteiger partial charge in [0, 0.05) is 58.5 Å². The van der Waals surface area contributed by atoms with E-state index in [4.69, 9.17) is 17.6 Å². The maximum absolute atomic E-state index is 12.2. The van der Waals surface area contributed by atoms with Crippen molar-refractivity contribution in [1.29, 1.82) is 0 Å². The summed E-state index contributed by atoms with van der Waals surface area (Å²) in [7, 11) is 0. The Kier molecular flexibility index (Phi) is 13.3. The summed E-state index contributed by atoms with van der Waals surface area (Å²) in [4.78, 5) is 17.8. The van der Waals surface area contributed by atoms with Crippen molar-refractivity contribution in [2.24, 2.45) is 10.8 Å². The summed E-state index contributed by atoms with van der Waals surface area (Å²) >= 11 is 8.47. The van der Waals surface area contributed by atoms with Gasteiger partial charge in [-0.15, -0.1) is 47.6 Å². The van der Waals surface area contributed by atoms with Crippen molar-refractivity contribution in [2.75, 3.05) is 0 Å². The molecule has 0 bridgehead atoms. The monoisotopic (exact) mass is 863 g/mol. The number of ketones is 1. The first-order chi connectivity index (χ1) is 21.7. The molecule has 0 aliphatic rings. The molecule has 0 aliphatic heterocycles. The molecule has 0 amide bonds. The van der Waals surface area contributed by atoms with Gasteiger partial charge in [-0.3, -0.25) is 9.78 Å². The average Bonchev–Trinajstić information content (AvgIpc) is 3.72. The van der Waals surface area contributed by atoms with Crippen molar-refractivity contribution in [3.8, 4) is 22.4 Å². The van der Waals surface area contributed by atoms with Gasteiger partial charge in [-0.25, -0.2) is 0 Å². The van der Waals surface area contributed by atoms with Gasteiger partial charge in [0.2, 0.25) is 0 Å². The van der Waals surface area contributed by atoms with Crippen LogP contribution in [0, 0.1) is 16.9 Å². The van der Waals surface area contributed by atoms with Gasteiger partial charge in [0.05, 0.1) is 0 Å². The van der Waals surface area contributed by atoms with Crippen LogP contribution < -0.4 is 0 Å². The number of carbonyl (C=O) groups is 1. The number of hydrogen-bond donors (Lipinski definition) is 2. The second-order valence-electron chi connectivity index (χ2n) is 13.7. The minimum atomic E-state index is -0.337. The molecule has 0 atom stereocenters. The van der Waals surface area contributed by atoms with E-state index in [9.17, 15) is 9.90 Å². The number of hydrogen-bond acceptors (Lipinski definition) is 6. The maximum atomic E-state index is 12.2. The Morgan fingerprint density at radius 3 is 2.15 bits per heavy atom. The number of benzene rings is 2. The van der Waals surface area contributed by atoms with Crippen molar-refractivity contribution in [1.82, 2.24) is 4.98 Å². The van der Waals surface area contributed by atoms with Crippen molar-refractivity contribution >= 4 is 61.3 Å². The minimum absolute atomic E-state index is 0. The van der Waals surface area contributed by atoms with E-state index in [-0.39, 0.29) is 47.9 Å². The van der Waals surface area contributed by atoms with Crippen LogP contribution in [-0.2, 0) is 30.3 Å². The summed E-state index contributed by atoms with van der Waals surface area (Å²) in [5.74, 6) is 0.286. The zero-order chi connectivity index (χ0) is 33.9. The summed E-state index contributed by atoms with van der Waals surface area (Å²) in [6.07, 6.45) is 6.63. The number of allylic oxidation sites excluding steroid dienone is 2. The third-order valence-electron chi connectivity index (χ3n) is 9.82. The van der Waals surface area contributed by atoms with E-state index in [0.29, 0.717) is 0 Å². The normalized spacial score (nSPS) is 12.5. The number of fused-ring (bicyclic) bond motifs is 2. The Hall–Kier alpha value is -2.28. The van der Waals surface area contributed by atoms with Crippen LogP contribution in [0.15, 0.2) is 76.2 Å². The quantitative estimate of drug-likeness (QED) is 0.0672. The number of aromatic nitrogens is 1. The molecule has 0 aliphatic carbocycles. The molecule has 5 aromatic rings. The molecule has 47 heavy (non-hydrogen) atoms. The van der Waals surface area contributed by atoms with Crippen molar-refractivity contribution in [3.63, 3.8) is 0 Å². The van der Waals surface area contributed by atoms with Crippen LogP contribution in [0.25, 0.3) is 42.6 Å². The number of aliphatic hydroxyl groups excluding tert-OH is 1. The fourth-order valence-electron chi connectivity index (χ4n) is 5.38. The Labute approximate surface area is 308 Å². The van der Waals surface area contributed by atoms with Crippen molar-refractivity contribution < 1.29 is 30.0 Å². The molecular formula is C40H48IrNO2S3-. The Balaban J connectivity index is 0.000000290. The molecule has 0 saturated carbocycles. The molecule has 0 unspecified atom stereocenters. The fraction of sp³-hybridized carbons (Fsp3) is 0.400. The first kappa shape index (κ1) is 39.2. The maximum Gasteiger partial charge on any atom is 0.164 e. The molecule has 0 fully saturated rings. The van der Waals surface area contributed by atoms with E-state index >= 15 is 0 Å².